The minimum absolute atomic E-state index is 0.00589. The molecule has 0 fully saturated rings. The fourth-order valence-electron chi connectivity index (χ4n) is 1.53. The summed E-state index contributed by atoms with van der Waals surface area (Å²) in [5, 5.41) is 0. The van der Waals surface area contributed by atoms with Crippen LogP contribution in [0.15, 0.2) is 30.3 Å². The van der Waals surface area contributed by atoms with Crippen LogP contribution in [0.1, 0.15) is 45.8 Å². The molecule has 0 N–H and O–H groups in total. The van der Waals surface area contributed by atoms with Crippen molar-refractivity contribution in [1.82, 2.24) is 0 Å². The Balaban J connectivity index is 2.28. The number of benzene rings is 1. The number of esters is 1. The maximum absolute atomic E-state index is 11.5. The zero-order valence-electron chi connectivity index (χ0n) is 11.6. The number of rotatable bonds is 5. The molecule has 0 aromatic heterocycles. The van der Waals surface area contributed by atoms with Crippen molar-refractivity contribution in [2.75, 3.05) is 6.61 Å². The highest BCUT2D eigenvalue weighted by atomic mass is 16.6. The summed E-state index contributed by atoms with van der Waals surface area (Å²) in [5.74, 6) is -0.220. The second kappa shape index (κ2) is 6.55. The molecule has 1 aromatic carbocycles. The van der Waals surface area contributed by atoms with Gasteiger partial charge in [0.1, 0.15) is 5.60 Å². The maximum atomic E-state index is 11.5. The summed E-state index contributed by atoms with van der Waals surface area (Å²) in [6.45, 7) is 7.93. The molecule has 0 bridgehead atoms. The molecule has 100 valence electrons. The minimum Gasteiger partial charge on any atom is -0.460 e. The molecule has 0 aliphatic carbocycles. The van der Waals surface area contributed by atoms with Gasteiger partial charge in [0.25, 0.3) is 0 Å². The summed E-state index contributed by atoms with van der Waals surface area (Å²) in [4.78, 5) is 11.5. The Kier molecular flexibility index (Phi) is 5.35. The lowest BCUT2D eigenvalue weighted by Crippen LogP contribution is -2.24. The van der Waals surface area contributed by atoms with E-state index in [9.17, 15) is 4.79 Å². The Bertz CT molecular complexity index is 365. The molecule has 0 saturated carbocycles. The molecule has 0 saturated heterocycles. The summed E-state index contributed by atoms with van der Waals surface area (Å²) in [6, 6.07) is 9.94. The van der Waals surface area contributed by atoms with Gasteiger partial charge >= 0.3 is 5.97 Å². The van der Waals surface area contributed by atoms with Gasteiger partial charge in [-0.25, -0.2) is 0 Å². The van der Waals surface area contributed by atoms with E-state index in [0.717, 1.165) is 5.56 Å². The van der Waals surface area contributed by atoms with E-state index in [1.165, 1.54) is 0 Å². The van der Waals surface area contributed by atoms with Gasteiger partial charge in [0.15, 0.2) is 0 Å². The van der Waals surface area contributed by atoms with Crippen LogP contribution in [0.4, 0.5) is 0 Å². The Labute approximate surface area is 109 Å². The van der Waals surface area contributed by atoms with Crippen molar-refractivity contribution in [1.29, 1.82) is 0 Å². The van der Waals surface area contributed by atoms with Crippen LogP contribution in [0.5, 0.6) is 0 Å². The molecule has 1 aromatic rings. The summed E-state index contributed by atoms with van der Waals surface area (Å²) in [7, 11) is 0. The van der Waals surface area contributed by atoms with Crippen LogP contribution in [-0.2, 0) is 14.3 Å². The molecule has 0 heterocycles. The van der Waals surface area contributed by atoms with E-state index in [1.54, 1.807) is 0 Å². The average molecular weight is 250 g/mol. The van der Waals surface area contributed by atoms with E-state index in [4.69, 9.17) is 9.47 Å². The first-order chi connectivity index (χ1) is 8.38. The summed E-state index contributed by atoms with van der Waals surface area (Å²) >= 11 is 0. The van der Waals surface area contributed by atoms with Gasteiger partial charge < -0.3 is 9.47 Å². The van der Waals surface area contributed by atoms with Crippen molar-refractivity contribution >= 4 is 5.97 Å². The number of ether oxygens (including phenoxy) is 2. The van der Waals surface area contributed by atoms with Crippen molar-refractivity contribution < 1.29 is 14.3 Å². The number of hydrogen-bond acceptors (Lipinski definition) is 3. The summed E-state index contributed by atoms with van der Waals surface area (Å²) in [6.07, 6.45) is 0.280. The van der Waals surface area contributed by atoms with Gasteiger partial charge in [-0.3, -0.25) is 4.79 Å². The first-order valence-corrected chi connectivity index (χ1v) is 6.27. The van der Waals surface area contributed by atoms with Gasteiger partial charge in [0.2, 0.25) is 0 Å². The second-order valence-electron chi connectivity index (χ2n) is 5.26. The van der Waals surface area contributed by atoms with E-state index in [1.807, 2.05) is 58.0 Å². The van der Waals surface area contributed by atoms with Gasteiger partial charge in [-0.2, -0.15) is 0 Å². The SMILES string of the molecule is CC(OCCC(=O)OC(C)(C)C)c1ccccc1. The fraction of sp³-hybridized carbons (Fsp3) is 0.533. The minimum atomic E-state index is -0.428. The van der Waals surface area contributed by atoms with Gasteiger partial charge in [-0.05, 0) is 33.3 Å². The average Bonchev–Trinajstić information content (AvgIpc) is 2.27. The molecule has 1 unspecified atom stereocenters. The molecular weight excluding hydrogens is 228 g/mol. The predicted octanol–water partition coefficient (Wildman–Crippen LogP) is 3.50. The maximum Gasteiger partial charge on any atom is 0.308 e. The number of carbonyl (C=O) groups excluding carboxylic acids is 1. The number of carbonyl (C=O) groups is 1. The van der Waals surface area contributed by atoms with E-state index in [-0.39, 0.29) is 18.5 Å². The summed E-state index contributed by atoms with van der Waals surface area (Å²) < 4.78 is 10.8. The van der Waals surface area contributed by atoms with Crippen LogP contribution in [0.2, 0.25) is 0 Å². The largest absolute Gasteiger partial charge is 0.460 e. The molecule has 0 amide bonds. The molecule has 1 atom stereocenters. The van der Waals surface area contributed by atoms with Gasteiger partial charge in [0, 0.05) is 0 Å². The lowest BCUT2D eigenvalue weighted by Gasteiger charge is -2.20. The Hall–Kier alpha value is -1.35. The zero-order chi connectivity index (χ0) is 13.6. The Morgan fingerprint density at radius 2 is 1.83 bits per heavy atom. The smallest absolute Gasteiger partial charge is 0.308 e. The van der Waals surface area contributed by atoms with Gasteiger partial charge in [-0.1, -0.05) is 30.3 Å². The third kappa shape index (κ3) is 5.82. The van der Waals surface area contributed by atoms with Crippen LogP contribution in [0.3, 0.4) is 0 Å². The normalized spacial score (nSPS) is 13.1. The monoisotopic (exact) mass is 250 g/mol. The van der Waals surface area contributed by atoms with Gasteiger partial charge in [-0.15, -0.1) is 0 Å². The molecule has 0 aliphatic rings. The molecule has 0 radical (unpaired) electrons. The van der Waals surface area contributed by atoms with Crippen LogP contribution in [0.25, 0.3) is 0 Å². The molecular formula is C15H22O3. The topological polar surface area (TPSA) is 35.5 Å². The number of hydrogen-bond donors (Lipinski definition) is 0. The lowest BCUT2D eigenvalue weighted by molar-refractivity contribution is -0.156. The van der Waals surface area contributed by atoms with E-state index in [2.05, 4.69) is 0 Å². The van der Waals surface area contributed by atoms with Crippen LogP contribution >= 0.6 is 0 Å². The Morgan fingerprint density at radius 3 is 2.39 bits per heavy atom. The fourth-order valence-corrected chi connectivity index (χ4v) is 1.53. The van der Waals surface area contributed by atoms with Crippen LogP contribution in [0, 0.1) is 0 Å². The first-order valence-electron chi connectivity index (χ1n) is 6.27. The lowest BCUT2D eigenvalue weighted by atomic mass is 10.1. The quantitative estimate of drug-likeness (QED) is 0.750. The highest BCUT2D eigenvalue weighted by Gasteiger charge is 2.16. The van der Waals surface area contributed by atoms with Crippen molar-refractivity contribution in [3.8, 4) is 0 Å². The van der Waals surface area contributed by atoms with Crippen molar-refractivity contribution in [3.05, 3.63) is 35.9 Å². The molecule has 3 heteroatoms. The second-order valence-corrected chi connectivity index (χ2v) is 5.26. The highest BCUT2D eigenvalue weighted by Crippen LogP contribution is 2.16. The van der Waals surface area contributed by atoms with E-state index >= 15 is 0 Å². The Morgan fingerprint density at radius 1 is 1.22 bits per heavy atom. The zero-order valence-corrected chi connectivity index (χ0v) is 11.6. The van der Waals surface area contributed by atoms with Crippen molar-refractivity contribution in [2.24, 2.45) is 0 Å². The van der Waals surface area contributed by atoms with Gasteiger partial charge in [0.05, 0.1) is 19.1 Å². The van der Waals surface area contributed by atoms with Crippen molar-refractivity contribution in [3.63, 3.8) is 0 Å². The van der Waals surface area contributed by atoms with Crippen LogP contribution < -0.4 is 0 Å². The van der Waals surface area contributed by atoms with Crippen molar-refractivity contribution in [2.45, 2.75) is 45.8 Å². The van der Waals surface area contributed by atoms with Crippen LogP contribution in [-0.4, -0.2) is 18.2 Å². The summed E-state index contributed by atoms with van der Waals surface area (Å²) in [5.41, 5.74) is 0.684. The third-order valence-corrected chi connectivity index (χ3v) is 2.36. The molecule has 18 heavy (non-hydrogen) atoms. The highest BCUT2D eigenvalue weighted by molar-refractivity contribution is 5.69. The molecule has 3 nitrogen and oxygen atoms in total. The van der Waals surface area contributed by atoms with E-state index in [0.29, 0.717) is 6.61 Å². The predicted molar refractivity (Wildman–Crippen MR) is 71.3 cm³/mol. The third-order valence-electron chi connectivity index (χ3n) is 2.36. The standard InChI is InChI=1S/C15H22O3/c1-12(13-8-6-5-7-9-13)17-11-10-14(16)18-15(2,3)4/h5-9,12H,10-11H2,1-4H3. The molecule has 1 rings (SSSR count). The first kappa shape index (κ1) is 14.7. The molecule has 0 spiro atoms. The molecule has 0 aliphatic heterocycles. The van der Waals surface area contributed by atoms with E-state index < -0.39 is 5.60 Å².